The van der Waals surface area contributed by atoms with Gasteiger partial charge in [-0.3, -0.25) is 14.2 Å². The molecule has 1 N–H and O–H groups in total. The predicted octanol–water partition coefficient (Wildman–Crippen LogP) is 10.4. The summed E-state index contributed by atoms with van der Waals surface area (Å²) in [5.74, 6) is -1.04. The Kier molecular flexibility index (Phi) is 35.6. The highest BCUT2D eigenvalue weighted by Crippen LogP contribution is 2.38. The smallest absolute Gasteiger partial charge is 0.306 e. The molecule has 57 heavy (non-hydrogen) atoms. The maximum absolute atomic E-state index is 12.6. The lowest BCUT2D eigenvalue weighted by Gasteiger charge is -2.28. The fraction of sp³-hybridized carbons (Fsp3) is 0.652. The van der Waals surface area contributed by atoms with Gasteiger partial charge in [-0.25, -0.2) is 0 Å². The van der Waals surface area contributed by atoms with E-state index in [1.807, 2.05) is 39.4 Å². The summed E-state index contributed by atoms with van der Waals surface area (Å²) in [5.41, 5.74) is 0. The summed E-state index contributed by atoms with van der Waals surface area (Å²) in [4.78, 5) is 37.5. The second-order valence-electron chi connectivity index (χ2n) is 15.2. The van der Waals surface area contributed by atoms with Crippen LogP contribution in [0.5, 0.6) is 0 Å². The van der Waals surface area contributed by atoms with Crippen molar-refractivity contribution in [3.8, 4) is 0 Å². The van der Waals surface area contributed by atoms with Crippen LogP contribution in [0.4, 0.5) is 0 Å². The molecule has 0 aromatic heterocycles. The van der Waals surface area contributed by atoms with E-state index in [1.165, 1.54) is 25.7 Å². The highest BCUT2D eigenvalue weighted by Gasteiger charge is 2.21. The summed E-state index contributed by atoms with van der Waals surface area (Å²) in [6.45, 7) is 3.85. The number of aliphatic hydroxyl groups excluding tert-OH is 1. The van der Waals surface area contributed by atoms with Crippen LogP contribution >= 0.6 is 7.82 Å². The fourth-order valence-electron chi connectivity index (χ4n) is 5.11. The molecule has 326 valence electrons. The molecule has 0 spiro atoms. The molecule has 0 radical (unpaired) electrons. The molecule has 0 fully saturated rings. The van der Waals surface area contributed by atoms with Gasteiger partial charge in [-0.05, 0) is 70.6 Å². The summed E-state index contributed by atoms with van der Waals surface area (Å²) in [7, 11) is 1.04. The molecule has 2 unspecified atom stereocenters. The van der Waals surface area contributed by atoms with Crippen LogP contribution in [-0.4, -0.2) is 81.2 Å². The van der Waals surface area contributed by atoms with Gasteiger partial charge in [0.15, 0.2) is 6.10 Å². The predicted molar refractivity (Wildman–Crippen MR) is 232 cm³/mol. The molecule has 0 aromatic rings. The molecule has 0 saturated carbocycles. The van der Waals surface area contributed by atoms with Gasteiger partial charge in [-0.1, -0.05) is 137 Å². The SMILES string of the molecule is CC/C=C\C/C=C\C/C=C\C/C=C\C=C/C(O)C/C=C\CCC(=O)O[C@H](COC(=O)CCCCCCC/C=C\CCCCCC)COP(=O)([O-])OCC[N+](C)(C)C. The zero-order valence-electron chi connectivity index (χ0n) is 36.1. The normalized spacial score (nSPS) is 15.0. The van der Waals surface area contributed by atoms with Crippen molar-refractivity contribution in [2.24, 2.45) is 0 Å². The van der Waals surface area contributed by atoms with E-state index in [4.69, 9.17) is 18.5 Å². The van der Waals surface area contributed by atoms with E-state index in [2.05, 4.69) is 62.5 Å². The number of hydrogen-bond donors (Lipinski definition) is 1. The fourth-order valence-corrected chi connectivity index (χ4v) is 5.84. The van der Waals surface area contributed by atoms with Gasteiger partial charge in [-0.2, -0.15) is 0 Å². The molecule has 10 nitrogen and oxygen atoms in total. The summed E-state index contributed by atoms with van der Waals surface area (Å²) in [6.07, 6.45) is 43.6. The molecule has 0 amide bonds. The lowest BCUT2D eigenvalue weighted by Crippen LogP contribution is -2.37. The molecule has 0 aliphatic rings. The van der Waals surface area contributed by atoms with E-state index in [0.29, 0.717) is 30.3 Å². The summed E-state index contributed by atoms with van der Waals surface area (Å²) in [5, 5.41) is 10.2. The topological polar surface area (TPSA) is 131 Å². The Morgan fingerprint density at radius 2 is 1.26 bits per heavy atom. The lowest BCUT2D eigenvalue weighted by atomic mass is 10.1. The highest BCUT2D eigenvalue weighted by molar-refractivity contribution is 7.45. The Hall–Kier alpha value is -2.85. The number of esters is 2. The molecule has 3 atom stereocenters. The van der Waals surface area contributed by atoms with Crippen LogP contribution in [0.15, 0.2) is 85.1 Å². The van der Waals surface area contributed by atoms with Gasteiger partial charge in [0, 0.05) is 12.8 Å². The van der Waals surface area contributed by atoms with Gasteiger partial charge < -0.3 is 33.0 Å². The number of aliphatic hydroxyl groups is 1. The van der Waals surface area contributed by atoms with E-state index in [-0.39, 0.29) is 26.1 Å². The number of rotatable bonds is 37. The first-order chi connectivity index (χ1) is 27.4. The molecule has 0 saturated heterocycles. The van der Waals surface area contributed by atoms with Crippen molar-refractivity contribution in [3.63, 3.8) is 0 Å². The number of nitrogens with zero attached hydrogens (tertiary/aromatic N) is 1. The Balaban J connectivity index is 4.64. The minimum absolute atomic E-state index is 0.0125. The van der Waals surface area contributed by atoms with E-state index < -0.39 is 38.6 Å². The summed E-state index contributed by atoms with van der Waals surface area (Å²) < 4.78 is 33.7. The third kappa shape index (κ3) is 41.1. The summed E-state index contributed by atoms with van der Waals surface area (Å²) in [6, 6.07) is 0. The molecule has 0 aromatic carbocycles. The van der Waals surface area contributed by atoms with Gasteiger partial charge >= 0.3 is 11.9 Å². The third-order valence-electron chi connectivity index (χ3n) is 8.49. The minimum atomic E-state index is -4.68. The van der Waals surface area contributed by atoms with Crippen molar-refractivity contribution >= 4 is 19.8 Å². The van der Waals surface area contributed by atoms with E-state index in [9.17, 15) is 24.2 Å². The van der Waals surface area contributed by atoms with Crippen molar-refractivity contribution < 1.29 is 47.2 Å². The lowest BCUT2D eigenvalue weighted by molar-refractivity contribution is -0.870. The average Bonchev–Trinajstić information content (AvgIpc) is 3.15. The molecule has 11 heteroatoms. The standard InChI is InChI=1S/C46H78NO9P/c1-6-8-10-12-14-16-18-20-22-24-26-28-31-35-43(48)36-32-30-34-38-46(50)56-44(42-55-57(51,52)54-40-39-47(3,4)5)41-53-45(49)37-33-29-27-25-23-21-19-17-15-13-11-9-7-2/h8,10,14,16-17,19-20,22,26,28,30-32,35,43-44,48H,6-7,9,11-13,15,18,21,23-25,27,29,33-34,36-42H2,1-5H3/b10-8-,16-14-,19-17-,22-20-,28-26-,32-30-,35-31-/t43?,44-/m1/s1. The largest absolute Gasteiger partial charge is 0.756 e. The Bertz CT molecular complexity index is 1260. The molecular weight excluding hydrogens is 741 g/mol. The number of carbonyl (C=O) groups excluding carboxylic acids is 2. The molecule has 0 bridgehead atoms. The number of phosphoric ester groups is 1. The van der Waals surface area contributed by atoms with Crippen molar-refractivity contribution in [1.29, 1.82) is 0 Å². The Morgan fingerprint density at radius 1 is 0.667 bits per heavy atom. The first kappa shape index (κ1) is 54.2. The van der Waals surface area contributed by atoms with Crippen LogP contribution in [0.1, 0.15) is 136 Å². The number of phosphoric acid groups is 1. The first-order valence-corrected chi connectivity index (χ1v) is 22.9. The number of allylic oxidation sites excluding steroid dienone is 12. The monoisotopic (exact) mass is 820 g/mol. The second-order valence-corrected chi connectivity index (χ2v) is 16.6. The van der Waals surface area contributed by atoms with Gasteiger partial charge in [0.1, 0.15) is 19.8 Å². The number of likely N-dealkylation sites (N-methyl/N-ethyl adjacent to an activating group) is 1. The number of hydrogen-bond acceptors (Lipinski definition) is 9. The van der Waals surface area contributed by atoms with Crippen LogP contribution in [0, 0.1) is 0 Å². The van der Waals surface area contributed by atoms with Crippen LogP contribution in [-0.2, 0) is 32.7 Å². The number of unbranched alkanes of at least 4 members (excludes halogenated alkanes) is 9. The summed E-state index contributed by atoms with van der Waals surface area (Å²) >= 11 is 0. The van der Waals surface area contributed by atoms with E-state index in [0.717, 1.165) is 64.2 Å². The quantitative estimate of drug-likeness (QED) is 0.0162. The van der Waals surface area contributed by atoms with Crippen LogP contribution < -0.4 is 4.89 Å². The van der Waals surface area contributed by atoms with Crippen molar-refractivity contribution in [2.75, 3.05) is 47.5 Å². The maximum atomic E-state index is 12.6. The van der Waals surface area contributed by atoms with Crippen LogP contribution in [0.25, 0.3) is 0 Å². The zero-order valence-corrected chi connectivity index (χ0v) is 37.0. The van der Waals surface area contributed by atoms with E-state index >= 15 is 0 Å². The molecular formula is C46H78NO9P. The molecule has 0 heterocycles. The van der Waals surface area contributed by atoms with Crippen molar-refractivity contribution in [3.05, 3.63) is 85.1 Å². The van der Waals surface area contributed by atoms with Crippen LogP contribution in [0.2, 0.25) is 0 Å². The minimum Gasteiger partial charge on any atom is -0.756 e. The van der Waals surface area contributed by atoms with Crippen molar-refractivity contribution in [1.82, 2.24) is 0 Å². The van der Waals surface area contributed by atoms with Gasteiger partial charge in [0.2, 0.25) is 0 Å². The Morgan fingerprint density at radius 3 is 1.91 bits per heavy atom. The maximum Gasteiger partial charge on any atom is 0.306 e. The molecule has 0 aliphatic heterocycles. The molecule has 0 aliphatic carbocycles. The zero-order chi connectivity index (χ0) is 42.3. The third-order valence-corrected chi connectivity index (χ3v) is 9.46. The van der Waals surface area contributed by atoms with Gasteiger partial charge in [-0.15, -0.1) is 0 Å². The molecule has 0 rings (SSSR count). The van der Waals surface area contributed by atoms with Gasteiger partial charge in [0.25, 0.3) is 7.82 Å². The first-order valence-electron chi connectivity index (χ1n) is 21.4. The number of carbonyl (C=O) groups is 2. The Labute approximate surface area is 346 Å². The average molecular weight is 820 g/mol. The second kappa shape index (κ2) is 37.4. The number of ether oxygens (including phenoxy) is 2. The number of quaternary nitrogens is 1. The van der Waals surface area contributed by atoms with Crippen molar-refractivity contribution in [2.45, 2.75) is 148 Å². The van der Waals surface area contributed by atoms with Crippen LogP contribution in [0.3, 0.4) is 0 Å². The van der Waals surface area contributed by atoms with Gasteiger partial charge in [0.05, 0.1) is 33.9 Å². The highest BCUT2D eigenvalue weighted by atomic mass is 31.2. The van der Waals surface area contributed by atoms with E-state index in [1.54, 1.807) is 18.2 Å².